The van der Waals surface area contributed by atoms with Crippen LogP contribution in [-0.2, 0) is 16.0 Å². The summed E-state index contributed by atoms with van der Waals surface area (Å²) in [5, 5.41) is 8.85. The topological polar surface area (TPSA) is 66.8 Å². The Morgan fingerprint density at radius 3 is 2.46 bits per heavy atom. The fourth-order valence-corrected chi connectivity index (χ4v) is 3.97. The molecule has 1 heterocycles. The van der Waals surface area contributed by atoms with Gasteiger partial charge >= 0.3 is 12.3 Å². The van der Waals surface area contributed by atoms with Crippen molar-refractivity contribution in [3.05, 3.63) is 29.8 Å². The summed E-state index contributed by atoms with van der Waals surface area (Å²) < 4.78 is 40.7. The van der Waals surface area contributed by atoms with Crippen LogP contribution in [0, 0.1) is 11.3 Å². The summed E-state index contributed by atoms with van der Waals surface area (Å²) in [4.78, 5) is 25.7. The highest BCUT2D eigenvalue weighted by Crippen LogP contribution is 2.50. The second-order valence-corrected chi connectivity index (χ2v) is 7.84. The molecule has 1 N–H and O–H groups in total. The van der Waals surface area contributed by atoms with Crippen LogP contribution in [0.4, 0.5) is 13.2 Å². The minimum absolute atomic E-state index is 0.0862. The highest BCUT2D eigenvalue weighted by molar-refractivity contribution is 5.85. The second-order valence-electron chi connectivity index (χ2n) is 7.84. The lowest BCUT2D eigenvalue weighted by Gasteiger charge is -2.35. The van der Waals surface area contributed by atoms with Gasteiger partial charge in [0.25, 0.3) is 0 Å². The summed E-state index contributed by atoms with van der Waals surface area (Å²) in [6, 6.07) is 5.68. The molecule has 1 unspecified atom stereocenters. The van der Waals surface area contributed by atoms with E-state index in [-0.39, 0.29) is 24.0 Å². The van der Waals surface area contributed by atoms with Crippen molar-refractivity contribution in [2.75, 3.05) is 13.1 Å². The van der Waals surface area contributed by atoms with Crippen LogP contribution in [0.5, 0.6) is 5.75 Å². The van der Waals surface area contributed by atoms with E-state index in [1.54, 1.807) is 12.1 Å². The van der Waals surface area contributed by atoms with Crippen molar-refractivity contribution in [3.8, 4) is 5.75 Å². The number of carbonyl (C=O) groups excluding carboxylic acids is 1. The summed E-state index contributed by atoms with van der Waals surface area (Å²) in [5.41, 5.74) is 0.334. The van der Waals surface area contributed by atoms with Gasteiger partial charge in [-0.2, -0.15) is 0 Å². The number of likely N-dealkylation sites (tertiary alicyclic amines) is 1. The van der Waals surface area contributed by atoms with E-state index in [0.717, 1.165) is 31.2 Å². The predicted molar refractivity (Wildman–Crippen MR) is 94.7 cm³/mol. The summed E-state index contributed by atoms with van der Waals surface area (Å²) in [5.74, 6) is -0.795. The lowest BCUT2D eigenvalue weighted by Crippen LogP contribution is -2.44. The Morgan fingerprint density at radius 2 is 1.89 bits per heavy atom. The first-order valence-corrected chi connectivity index (χ1v) is 9.53. The normalized spacial score (nSPS) is 21.2. The van der Waals surface area contributed by atoms with Gasteiger partial charge in [-0.1, -0.05) is 12.1 Å². The molecule has 3 rings (SSSR count). The molecule has 1 aromatic rings. The number of benzene rings is 1. The highest BCUT2D eigenvalue weighted by Gasteiger charge is 2.51. The molecule has 1 saturated heterocycles. The maximum Gasteiger partial charge on any atom is 0.573 e. The van der Waals surface area contributed by atoms with Gasteiger partial charge in [0.05, 0.1) is 5.41 Å². The number of hydrogen-bond donors (Lipinski definition) is 1. The van der Waals surface area contributed by atoms with Crippen molar-refractivity contribution in [3.63, 3.8) is 0 Å². The average Bonchev–Trinajstić information content (AvgIpc) is 3.41. The van der Waals surface area contributed by atoms with Crippen molar-refractivity contribution >= 4 is 11.9 Å². The number of piperidine rings is 1. The van der Waals surface area contributed by atoms with Gasteiger partial charge < -0.3 is 14.7 Å². The quantitative estimate of drug-likeness (QED) is 0.752. The standard InChI is InChI=1S/C20H24F3NO4/c21-20(22,23)28-16-6-3-14(4-7-16)12-19(9-10-19)18(27)24-11-1-2-15(13-24)5-8-17(25)26/h3-4,6-7,15H,1-2,5,8-13H2,(H,25,26). The zero-order valence-electron chi connectivity index (χ0n) is 15.5. The fraction of sp³-hybridized carbons (Fsp3) is 0.600. The molecule has 8 heteroatoms. The number of carbonyl (C=O) groups is 2. The molecule has 1 atom stereocenters. The summed E-state index contributed by atoms with van der Waals surface area (Å²) in [6.45, 7) is 1.27. The molecule has 0 radical (unpaired) electrons. The molecule has 28 heavy (non-hydrogen) atoms. The first-order valence-electron chi connectivity index (χ1n) is 9.53. The molecule has 5 nitrogen and oxygen atoms in total. The van der Waals surface area contributed by atoms with Gasteiger partial charge in [-0.05, 0) is 62.1 Å². The van der Waals surface area contributed by atoms with E-state index in [4.69, 9.17) is 5.11 Å². The Hall–Kier alpha value is -2.25. The number of alkyl halides is 3. The number of nitrogens with zero attached hydrogens (tertiary/aromatic N) is 1. The molecule has 0 aromatic heterocycles. The molecule has 0 bridgehead atoms. The number of carboxylic acids is 1. The largest absolute Gasteiger partial charge is 0.573 e. The monoisotopic (exact) mass is 399 g/mol. The number of carboxylic acid groups (broad SMARTS) is 1. The van der Waals surface area contributed by atoms with Gasteiger partial charge in [-0.3, -0.25) is 9.59 Å². The Bertz CT molecular complexity index is 713. The highest BCUT2D eigenvalue weighted by atomic mass is 19.4. The predicted octanol–water partition coefficient (Wildman–Crippen LogP) is 4.01. The third-order valence-corrected chi connectivity index (χ3v) is 5.58. The van der Waals surface area contributed by atoms with Crippen LogP contribution in [-0.4, -0.2) is 41.3 Å². The van der Waals surface area contributed by atoms with Crippen molar-refractivity contribution in [2.45, 2.75) is 51.3 Å². The molecule has 1 amide bonds. The third-order valence-electron chi connectivity index (χ3n) is 5.58. The van der Waals surface area contributed by atoms with Gasteiger partial charge in [-0.25, -0.2) is 0 Å². The summed E-state index contributed by atoms with van der Waals surface area (Å²) >= 11 is 0. The molecule has 1 aliphatic carbocycles. The second kappa shape index (κ2) is 8.01. The molecule has 0 spiro atoms. The molecule has 1 aromatic carbocycles. The number of rotatable bonds is 7. The minimum Gasteiger partial charge on any atom is -0.481 e. The summed E-state index contributed by atoms with van der Waals surface area (Å²) in [6.07, 6.45) is -0.196. The lowest BCUT2D eigenvalue weighted by atomic mass is 9.90. The van der Waals surface area contributed by atoms with Crippen LogP contribution in [0.15, 0.2) is 24.3 Å². The zero-order chi connectivity index (χ0) is 20.4. The van der Waals surface area contributed by atoms with Crippen LogP contribution >= 0.6 is 0 Å². The molecule has 1 aliphatic heterocycles. The Morgan fingerprint density at radius 1 is 1.21 bits per heavy atom. The first kappa shape index (κ1) is 20.5. The maximum atomic E-state index is 13.1. The molecular weight excluding hydrogens is 375 g/mol. The van der Waals surface area contributed by atoms with Crippen molar-refractivity contribution < 1.29 is 32.6 Å². The van der Waals surface area contributed by atoms with Gasteiger partial charge in [-0.15, -0.1) is 13.2 Å². The fourth-order valence-electron chi connectivity index (χ4n) is 3.97. The van der Waals surface area contributed by atoms with E-state index in [1.807, 2.05) is 4.90 Å². The van der Waals surface area contributed by atoms with Gasteiger partial charge in [0.2, 0.25) is 5.91 Å². The first-order chi connectivity index (χ1) is 13.2. The van der Waals surface area contributed by atoms with Crippen molar-refractivity contribution in [1.29, 1.82) is 0 Å². The molecule has 2 aliphatic rings. The Labute approximate surface area is 161 Å². The van der Waals surface area contributed by atoms with E-state index >= 15 is 0 Å². The lowest BCUT2D eigenvalue weighted by molar-refractivity contribution is -0.274. The Balaban J connectivity index is 1.58. The number of halogens is 3. The van der Waals surface area contributed by atoms with Crippen LogP contribution < -0.4 is 4.74 Å². The molecule has 1 saturated carbocycles. The van der Waals surface area contributed by atoms with Crippen molar-refractivity contribution in [1.82, 2.24) is 4.90 Å². The maximum absolute atomic E-state index is 13.1. The van der Waals surface area contributed by atoms with E-state index in [9.17, 15) is 22.8 Å². The number of amides is 1. The van der Waals surface area contributed by atoms with E-state index in [0.29, 0.717) is 25.9 Å². The zero-order valence-corrected chi connectivity index (χ0v) is 15.5. The smallest absolute Gasteiger partial charge is 0.481 e. The molecule has 154 valence electrons. The minimum atomic E-state index is -4.72. The van der Waals surface area contributed by atoms with Crippen molar-refractivity contribution in [2.24, 2.45) is 11.3 Å². The number of ether oxygens (including phenoxy) is 1. The number of aliphatic carboxylic acids is 1. The van der Waals surface area contributed by atoms with E-state index in [2.05, 4.69) is 4.74 Å². The number of hydrogen-bond acceptors (Lipinski definition) is 3. The van der Waals surface area contributed by atoms with Gasteiger partial charge in [0.1, 0.15) is 5.75 Å². The van der Waals surface area contributed by atoms with E-state index < -0.39 is 17.7 Å². The average molecular weight is 399 g/mol. The van der Waals surface area contributed by atoms with Gasteiger partial charge in [0, 0.05) is 19.5 Å². The van der Waals surface area contributed by atoms with Crippen LogP contribution in [0.25, 0.3) is 0 Å². The van der Waals surface area contributed by atoms with Crippen LogP contribution in [0.3, 0.4) is 0 Å². The summed E-state index contributed by atoms with van der Waals surface area (Å²) in [7, 11) is 0. The van der Waals surface area contributed by atoms with Gasteiger partial charge in [0.15, 0.2) is 0 Å². The van der Waals surface area contributed by atoms with E-state index in [1.165, 1.54) is 12.1 Å². The molecule has 2 fully saturated rings. The SMILES string of the molecule is O=C(O)CCC1CCCN(C(=O)C2(Cc3ccc(OC(F)(F)F)cc3)CC2)C1. The van der Waals surface area contributed by atoms with Crippen LogP contribution in [0.2, 0.25) is 0 Å². The molecular formula is C20H24F3NO4. The van der Waals surface area contributed by atoms with Crippen LogP contribution in [0.1, 0.15) is 44.1 Å². The Kier molecular flexibility index (Phi) is 5.86. The third kappa shape index (κ3) is 5.39.